The van der Waals surface area contributed by atoms with E-state index in [0.29, 0.717) is 6.07 Å². The van der Waals surface area contributed by atoms with Crippen molar-refractivity contribution < 1.29 is 45.7 Å². The van der Waals surface area contributed by atoms with E-state index in [1.807, 2.05) is 0 Å². The molecule has 0 aromatic heterocycles. The van der Waals surface area contributed by atoms with Crippen molar-refractivity contribution in [2.24, 2.45) is 0 Å². The first-order valence-corrected chi connectivity index (χ1v) is 9.41. The molecule has 0 radical (unpaired) electrons. The zero-order valence-electron chi connectivity index (χ0n) is 12.5. The Kier molecular flexibility index (Phi) is 4.88. The topological polar surface area (TPSA) is 183 Å². The lowest BCUT2D eigenvalue weighted by Crippen LogP contribution is -2.20. The van der Waals surface area contributed by atoms with E-state index in [-0.39, 0.29) is 5.56 Å². The minimum absolute atomic E-state index is 0.0375. The van der Waals surface area contributed by atoms with Crippen molar-refractivity contribution in [3.05, 3.63) is 47.5 Å². The van der Waals surface area contributed by atoms with E-state index in [2.05, 4.69) is 0 Å². The van der Waals surface area contributed by atoms with Crippen LogP contribution in [0.3, 0.4) is 0 Å². The van der Waals surface area contributed by atoms with Crippen LogP contribution in [-0.2, 0) is 20.2 Å². The molecular formula is C14H10O10S2. The largest absolute Gasteiger partial charge is 0.478 e. The molecule has 0 aliphatic heterocycles. The molecule has 2 aromatic carbocycles. The third-order valence-electron chi connectivity index (χ3n) is 3.29. The third kappa shape index (κ3) is 3.57. The van der Waals surface area contributed by atoms with Crippen LogP contribution in [0.15, 0.2) is 46.2 Å². The standard InChI is InChI=1S/C14H10O10S2/c15-13(16)10-9(25(19,20)21)6-8(7-4-2-1-3-5-7)12(26(22,23)24)11(10)14(17)18/h1-6H,(H,15,16)(H,17,18)(H,19,20,21)(H,22,23,24). The van der Waals surface area contributed by atoms with Crippen LogP contribution in [0, 0.1) is 0 Å². The number of hydrogen-bond donors (Lipinski definition) is 4. The number of aromatic carboxylic acids is 2. The van der Waals surface area contributed by atoms with Gasteiger partial charge in [0.25, 0.3) is 20.2 Å². The molecule has 0 atom stereocenters. The number of carboxylic acid groups (broad SMARTS) is 2. The molecular weight excluding hydrogens is 392 g/mol. The van der Waals surface area contributed by atoms with Crippen LogP contribution in [0.4, 0.5) is 0 Å². The van der Waals surface area contributed by atoms with Gasteiger partial charge in [0, 0.05) is 5.56 Å². The summed E-state index contributed by atoms with van der Waals surface area (Å²) in [6, 6.07) is 7.34. The van der Waals surface area contributed by atoms with Crippen molar-refractivity contribution in [3.63, 3.8) is 0 Å². The first-order chi connectivity index (χ1) is 11.9. The molecule has 0 unspecified atom stereocenters. The second-order valence-electron chi connectivity index (χ2n) is 4.93. The average molecular weight is 402 g/mol. The maximum atomic E-state index is 11.8. The molecule has 0 aliphatic carbocycles. The molecule has 138 valence electrons. The van der Waals surface area contributed by atoms with E-state index >= 15 is 0 Å². The molecule has 0 saturated heterocycles. The summed E-state index contributed by atoms with van der Waals surface area (Å²) in [6.07, 6.45) is 0. The summed E-state index contributed by atoms with van der Waals surface area (Å²) in [6.45, 7) is 0. The molecule has 0 heterocycles. The predicted octanol–water partition coefficient (Wildman–Crippen LogP) is 1.24. The SMILES string of the molecule is O=C(O)c1c(S(=O)(=O)O)cc(-c2ccccc2)c(S(=O)(=O)O)c1C(=O)O. The van der Waals surface area contributed by atoms with E-state index in [4.69, 9.17) is 0 Å². The smallest absolute Gasteiger partial charge is 0.338 e. The highest BCUT2D eigenvalue weighted by molar-refractivity contribution is 7.86. The molecule has 2 aromatic rings. The number of rotatable bonds is 5. The van der Waals surface area contributed by atoms with Gasteiger partial charge in [0.1, 0.15) is 9.79 Å². The van der Waals surface area contributed by atoms with Gasteiger partial charge in [-0.2, -0.15) is 16.8 Å². The van der Waals surface area contributed by atoms with Crippen LogP contribution in [0.25, 0.3) is 11.1 Å². The quantitative estimate of drug-likeness (QED) is 0.531. The van der Waals surface area contributed by atoms with Gasteiger partial charge in [-0.15, -0.1) is 0 Å². The number of carbonyl (C=O) groups is 2. The van der Waals surface area contributed by atoms with Gasteiger partial charge in [-0.3, -0.25) is 9.11 Å². The second kappa shape index (κ2) is 6.49. The lowest BCUT2D eigenvalue weighted by molar-refractivity contribution is 0.0644. The highest BCUT2D eigenvalue weighted by Crippen LogP contribution is 2.36. The molecule has 0 amide bonds. The van der Waals surface area contributed by atoms with Crippen molar-refractivity contribution in [2.75, 3.05) is 0 Å². The first kappa shape index (κ1) is 19.5. The lowest BCUT2D eigenvalue weighted by atomic mass is 9.98. The Morgan fingerprint density at radius 3 is 1.65 bits per heavy atom. The lowest BCUT2D eigenvalue weighted by Gasteiger charge is -2.15. The first-order valence-electron chi connectivity index (χ1n) is 6.53. The summed E-state index contributed by atoms with van der Waals surface area (Å²) in [4.78, 5) is 20.3. The van der Waals surface area contributed by atoms with Crippen molar-refractivity contribution in [2.45, 2.75) is 9.79 Å². The Labute approximate surface area is 146 Å². The minimum atomic E-state index is -5.30. The Morgan fingerprint density at radius 2 is 1.27 bits per heavy atom. The van der Waals surface area contributed by atoms with Crippen LogP contribution in [0.1, 0.15) is 20.7 Å². The highest BCUT2D eigenvalue weighted by Gasteiger charge is 2.36. The van der Waals surface area contributed by atoms with E-state index in [0.717, 1.165) is 0 Å². The molecule has 0 bridgehead atoms. The number of benzene rings is 2. The van der Waals surface area contributed by atoms with Gasteiger partial charge >= 0.3 is 11.9 Å². The van der Waals surface area contributed by atoms with E-state index < -0.39 is 58.7 Å². The Bertz CT molecular complexity index is 1120. The fourth-order valence-corrected chi connectivity index (χ4v) is 3.98. The summed E-state index contributed by atoms with van der Waals surface area (Å²) >= 11 is 0. The summed E-state index contributed by atoms with van der Waals surface area (Å²) < 4.78 is 65.4. The van der Waals surface area contributed by atoms with Crippen LogP contribution in [0.5, 0.6) is 0 Å². The maximum Gasteiger partial charge on any atom is 0.338 e. The number of hydrogen-bond acceptors (Lipinski definition) is 6. The van der Waals surface area contributed by atoms with Gasteiger partial charge in [-0.1, -0.05) is 30.3 Å². The molecule has 4 N–H and O–H groups in total. The molecule has 12 heteroatoms. The summed E-state index contributed by atoms with van der Waals surface area (Å²) in [7, 11) is -10.5. The Hall–Kier alpha value is -2.80. The third-order valence-corrected chi connectivity index (χ3v) is 5.11. The van der Waals surface area contributed by atoms with Gasteiger partial charge in [-0.25, -0.2) is 9.59 Å². The second-order valence-corrected chi connectivity index (χ2v) is 7.68. The summed E-state index contributed by atoms with van der Waals surface area (Å²) in [5.74, 6) is -4.25. The van der Waals surface area contributed by atoms with Crippen molar-refractivity contribution in [3.8, 4) is 11.1 Å². The van der Waals surface area contributed by atoms with Crippen LogP contribution in [0.2, 0.25) is 0 Å². The van der Waals surface area contributed by atoms with Gasteiger partial charge in [0.2, 0.25) is 0 Å². The summed E-state index contributed by atoms with van der Waals surface area (Å²) in [5, 5.41) is 18.5. The molecule has 10 nitrogen and oxygen atoms in total. The zero-order chi connectivity index (χ0) is 19.9. The van der Waals surface area contributed by atoms with Crippen molar-refractivity contribution >= 4 is 32.2 Å². The fraction of sp³-hybridized carbons (Fsp3) is 0. The van der Waals surface area contributed by atoms with Crippen LogP contribution < -0.4 is 0 Å². The molecule has 26 heavy (non-hydrogen) atoms. The highest BCUT2D eigenvalue weighted by atomic mass is 32.2. The molecule has 0 saturated carbocycles. The number of carboxylic acids is 2. The summed E-state index contributed by atoms with van der Waals surface area (Å²) in [5.41, 5.74) is -3.63. The van der Waals surface area contributed by atoms with Crippen molar-refractivity contribution in [1.29, 1.82) is 0 Å². The Morgan fingerprint density at radius 1 is 0.769 bits per heavy atom. The van der Waals surface area contributed by atoms with Gasteiger partial charge in [0.05, 0.1) is 11.1 Å². The van der Waals surface area contributed by atoms with Crippen LogP contribution in [-0.4, -0.2) is 48.1 Å². The maximum absolute atomic E-state index is 11.8. The zero-order valence-corrected chi connectivity index (χ0v) is 14.2. The predicted molar refractivity (Wildman–Crippen MR) is 85.4 cm³/mol. The van der Waals surface area contributed by atoms with Crippen molar-refractivity contribution in [1.82, 2.24) is 0 Å². The normalized spacial score (nSPS) is 11.9. The molecule has 0 spiro atoms. The minimum Gasteiger partial charge on any atom is -0.478 e. The van der Waals surface area contributed by atoms with E-state index in [9.17, 15) is 45.7 Å². The average Bonchev–Trinajstić information content (AvgIpc) is 2.51. The fourth-order valence-electron chi connectivity index (χ4n) is 2.36. The van der Waals surface area contributed by atoms with Crippen LogP contribution >= 0.6 is 0 Å². The van der Waals surface area contributed by atoms with Gasteiger partial charge in [0.15, 0.2) is 0 Å². The molecule has 0 aliphatic rings. The molecule has 2 rings (SSSR count). The van der Waals surface area contributed by atoms with Gasteiger partial charge in [-0.05, 0) is 11.6 Å². The monoisotopic (exact) mass is 402 g/mol. The van der Waals surface area contributed by atoms with Gasteiger partial charge < -0.3 is 10.2 Å². The van der Waals surface area contributed by atoms with E-state index in [1.54, 1.807) is 0 Å². The van der Waals surface area contributed by atoms with E-state index in [1.165, 1.54) is 30.3 Å². The molecule has 0 fully saturated rings. The Balaban J connectivity index is 3.24.